The average Bonchev–Trinajstić information content (AvgIpc) is 3.07. The molecule has 208 valence electrons. The molecule has 0 bridgehead atoms. The van der Waals surface area contributed by atoms with Crippen LogP contribution in [-0.2, 0) is 0 Å². The van der Waals surface area contributed by atoms with Crippen LogP contribution in [0, 0.1) is 0 Å². The highest BCUT2D eigenvalue weighted by Gasteiger charge is 2.23. The lowest BCUT2D eigenvalue weighted by Crippen LogP contribution is -2.00. The number of hydrogen-bond acceptors (Lipinski definition) is 5. The first-order valence-electron chi connectivity index (χ1n) is 13.7. The maximum Gasteiger partial charge on any atom is 0.169 e. The van der Waals surface area contributed by atoms with Gasteiger partial charge in [-0.2, -0.15) is 0 Å². The summed E-state index contributed by atoms with van der Waals surface area (Å²) in [4.78, 5) is 5.26. The molecule has 0 saturated carbocycles. The van der Waals surface area contributed by atoms with Gasteiger partial charge >= 0.3 is 0 Å². The average molecular weight is 554 g/mol. The molecule has 1 heterocycles. The van der Waals surface area contributed by atoms with E-state index in [1.54, 1.807) is 28.4 Å². The highest BCUT2D eigenvalue weighted by atomic mass is 16.5. The summed E-state index contributed by atoms with van der Waals surface area (Å²) >= 11 is 0. The van der Waals surface area contributed by atoms with Gasteiger partial charge in [-0.3, -0.25) is 0 Å². The van der Waals surface area contributed by atoms with Gasteiger partial charge < -0.3 is 18.9 Å². The fourth-order valence-electron chi connectivity index (χ4n) is 5.51. The first kappa shape index (κ1) is 26.9. The van der Waals surface area contributed by atoms with E-state index in [9.17, 15) is 0 Å². The Morgan fingerprint density at radius 2 is 0.976 bits per heavy atom. The van der Waals surface area contributed by atoms with Gasteiger partial charge in [0.15, 0.2) is 23.0 Å². The Morgan fingerprint density at radius 3 is 1.52 bits per heavy atom. The molecule has 5 aromatic carbocycles. The summed E-state index contributed by atoms with van der Waals surface area (Å²) < 4.78 is 23.6. The molecule has 0 saturated heterocycles. The summed E-state index contributed by atoms with van der Waals surface area (Å²) in [7, 11) is 6.62. The minimum absolute atomic E-state index is 0.593. The van der Waals surface area contributed by atoms with Crippen molar-refractivity contribution in [2.75, 3.05) is 28.4 Å². The second-order valence-corrected chi connectivity index (χ2v) is 9.80. The largest absolute Gasteiger partial charge is 0.493 e. The van der Waals surface area contributed by atoms with Crippen LogP contribution in [0.5, 0.6) is 23.0 Å². The van der Waals surface area contributed by atoms with Crippen molar-refractivity contribution in [2.45, 2.75) is 0 Å². The molecule has 0 atom stereocenters. The van der Waals surface area contributed by atoms with E-state index in [2.05, 4.69) is 48.5 Å². The van der Waals surface area contributed by atoms with Gasteiger partial charge in [-0.05, 0) is 34.9 Å². The summed E-state index contributed by atoms with van der Waals surface area (Å²) in [6, 6.07) is 39.0. The van der Waals surface area contributed by atoms with E-state index in [0.717, 1.165) is 55.5 Å². The summed E-state index contributed by atoms with van der Waals surface area (Å²) in [5, 5.41) is 0.928. The van der Waals surface area contributed by atoms with Crippen LogP contribution in [0.2, 0.25) is 0 Å². The van der Waals surface area contributed by atoms with Crippen LogP contribution in [0.25, 0.3) is 55.5 Å². The van der Waals surface area contributed by atoms with Crippen molar-refractivity contribution in [3.63, 3.8) is 0 Å². The minimum Gasteiger partial charge on any atom is -0.493 e. The molecular weight excluding hydrogens is 522 g/mol. The molecule has 5 nitrogen and oxygen atoms in total. The number of fused-ring (bicyclic) bond motifs is 1. The zero-order valence-electron chi connectivity index (χ0n) is 24.0. The van der Waals surface area contributed by atoms with E-state index >= 15 is 0 Å². The molecule has 0 aliphatic heterocycles. The van der Waals surface area contributed by atoms with E-state index in [0.29, 0.717) is 23.0 Å². The number of ether oxygens (including phenoxy) is 4. The van der Waals surface area contributed by atoms with Gasteiger partial charge in [-0.25, -0.2) is 4.98 Å². The quantitative estimate of drug-likeness (QED) is 0.188. The van der Waals surface area contributed by atoms with Crippen molar-refractivity contribution in [1.82, 2.24) is 4.98 Å². The van der Waals surface area contributed by atoms with Gasteiger partial charge in [0.25, 0.3) is 0 Å². The van der Waals surface area contributed by atoms with Crippen LogP contribution >= 0.6 is 0 Å². The van der Waals surface area contributed by atoms with E-state index in [1.807, 2.05) is 66.7 Å². The van der Waals surface area contributed by atoms with Crippen molar-refractivity contribution in [3.05, 3.63) is 115 Å². The van der Waals surface area contributed by atoms with E-state index < -0.39 is 0 Å². The fourth-order valence-corrected chi connectivity index (χ4v) is 5.51. The molecule has 42 heavy (non-hydrogen) atoms. The van der Waals surface area contributed by atoms with E-state index in [1.165, 1.54) is 0 Å². The topological polar surface area (TPSA) is 49.8 Å². The molecule has 1 aromatic heterocycles. The number of aromatic nitrogens is 1. The second-order valence-electron chi connectivity index (χ2n) is 9.80. The van der Waals surface area contributed by atoms with Crippen molar-refractivity contribution in [3.8, 4) is 67.6 Å². The highest BCUT2D eigenvalue weighted by Crippen LogP contribution is 2.49. The zero-order valence-corrected chi connectivity index (χ0v) is 24.0. The molecular formula is C37H31NO4. The Balaban J connectivity index is 1.73. The molecule has 0 unspecified atom stereocenters. The second kappa shape index (κ2) is 11.7. The standard InChI is InChI=1S/C37H31NO4/c1-39-32-21-27(20-29(36(32)41-3)25-16-10-6-11-17-25)34-30-22-28(24-14-8-5-9-15-24)35(26-18-12-7-13-19-26)38-31(30)23-33(40-2)37(34)42-4/h5-23H,1-4H3. The molecule has 6 rings (SSSR count). The maximum absolute atomic E-state index is 6.04. The third-order valence-corrected chi connectivity index (χ3v) is 7.45. The van der Waals surface area contributed by atoms with Crippen molar-refractivity contribution in [2.24, 2.45) is 0 Å². The molecule has 0 fully saturated rings. The molecule has 0 N–H and O–H groups in total. The summed E-state index contributed by atoms with van der Waals surface area (Å²) in [6.07, 6.45) is 0. The van der Waals surface area contributed by atoms with Gasteiger partial charge in [0.2, 0.25) is 0 Å². The maximum atomic E-state index is 6.04. The Bertz CT molecular complexity index is 1850. The molecule has 6 aromatic rings. The minimum atomic E-state index is 0.593. The van der Waals surface area contributed by atoms with E-state index in [4.69, 9.17) is 23.9 Å². The summed E-state index contributed by atoms with van der Waals surface area (Å²) in [5.41, 5.74) is 8.47. The first-order chi connectivity index (χ1) is 20.7. The van der Waals surface area contributed by atoms with Crippen LogP contribution in [0.4, 0.5) is 0 Å². The fraction of sp³-hybridized carbons (Fsp3) is 0.108. The highest BCUT2D eigenvalue weighted by molar-refractivity contribution is 6.04. The normalized spacial score (nSPS) is 10.9. The van der Waals surface area contributed by atoms with Gasteiger partial charge in [-0.15, -0.1) is 0 Å². The van der Waals surface area contributed by atoms with Gasteiger partial charge in [0, 0.05) is 33.7 Å². The van der Waals surface area contributed by atoms with Crippen LogP contribution in [0.3, 0.4) is 0 Å². The van der Waals surface area contributed by atoms with E-state index in [-0.39, 0.29) is 0 Å². The van der Waals surface area contributed by atoms with Crippen molar-refractivity contribution in [1.29, 1.82) is 0 Å². The number of hydrogen-bond donors (Lipinski definition) is 0. The van der Waals surface area contributed by atoms with Crippen molar-refractivity contribution < 1.29 is 18.9 Å². The summed E-state index contributed by atoms with van der Waals surface area (Å²) in [6.45, 7) is 0. The van der Waals surface area contributed by atoms with Crippen LogP contribution < -0.4 is 18.9 Å². The smallest absolute Gasteiger partial charge is 0.169 e. The predicted molar refractivity (Wildman–Crippen MR) is 170 cm³/mol. The molecule has 0 aliphatic carbocycles. The lowest BCUT2D eigenvalue weighted by molar-refractivity contribution is 0.355. The number of pyridine rings is 1. The number of rotatable bonds is 8. The monoisotopic (exact) mass is 553 g/mol. The lowest BCUT2D eigenvalue weighted by atomic mass is 9.91. The van der Waals surface area contributed by atoms with Gasteiger partial charge in [-0.1, -0.05) is 91.0 Å². The third kappa shape index (κ3) is 4.79. The molecule has 0 amide bonds. The molecule has 0 radical (unpaired) electrons. The van der Waals surface area contributed by atoms with Crippen LogP contribution in [0.1, 0.15) is 0 Å². The molecule has 0 spiro atoms. The Kier molecular flexibility index (Phi) is 7.48. The lowest BCUT2D eigenvalue weighted by Gasteiger charge is -2.21. The molecule has 5 heteroatoms. The predicted octanol–water partition coefficient (Wildman–Crippen LogP) is 8.94. The van der Waals surface area contributed by atoms with Crippen LogP contribution in [0.15, 0.2) is 115 Å². The Labute approximate surface area is 245 Å². The van der Waals surface area contributed by atoms with Crippen molar-refractivity contribution >= 4 is 10.9 Å². The SMILES string of the molecule is COc1cc(-c2c(OC)c(OC)cc3nc(-c4ccccc4)c(-c4ccccc4)cc23)cc(-c2ccccc2)c1OC. The zero-order chi connectivity index (χ0) is 29.1. The number of methoxy groups -OCH3 is 4. The first-order valence-corrected chi connectivity index (χ1v) is 13.7. The number of nitrogens with zero attached hydrogens (tertiary/aromatic N) is 1. The summed E-state index contributed by atoms with van der Waals surface area (Å²) in [5.74, 6) is 2.48. The van der Waals surface area contributed by atoms with Gasteiger partial charge in [0.1, 0.15) is 0 Å². The Morgan fingerprint density at radius 1 is 0.452 bits per heavy atom. The van der Waals surface area contributed by atoms with Gasteiger partial charge in [0.05, 0.1) is 39.6 Å². The Hall–Kier alpha value is -5.29. The number of benzene rings is 5. The molecule has 0 aliphatic rings. The van der Waals surface area contributed by atoms with Crippen LogP contribution in [-0.4, -0.2) is 33.4 Å². The third-order valence-electron chi connectivity index (χ3n) is 7.45.